The molecule has 0 heterocycles. The number of nitrogens with two attached hydrogens (primary N) is 1. The molecule has 0 aromatic heterocycles. The number of ketones is 2. The number of nitrogen functional groups attached to an aromatic ring is 1. The molecule has 0 atom stereocenters. The Bertz CT molecular complexity index is 925. The van der Waals surface area contributed by atoms with E-state index in [1.165, 1.54) is 0 Å². The van der Waals surface area contributed by atoms with Crippen LogP contribution in [0.15, 0.2) is 73.5 Å². The predicted molar refractivity (Wildman–Crippen MR) is 153 cm³/mol. The number of nitrogens with one attached hydrogen (secondary N) is 1. The molecule has 0 saturated heterocycles. The fourth-order valence-electron chi connectivity index (χ4n) is 2.80. The highest BCUT2D eigenvalue weighted by Crippen LogP contribution is 2.35. The van der Waals surface area contributed by atoms with Crippen molar-refractivity contribution in [2.45, 2.75) is 69.2 Å². The minimum absolute atomic E-state index is 0.225. The minimum atomic E-state index is -0.241. The Labute approximate surface area is 208 Å². The second kappa shape index (κ2) is 21.4. The maximum absolute atomic E-state index is 12.9. The molecule has 4 heteroatoms. The lowest BCUT2D eigenvalue weighted by atomic mass is 9.82. The number of carbonyl (C=O) groups excluding carboxylic acids is 2. The Morgan fingerprint density at radius 1 is 0.735 bits per heavy atom. The summed E-state index contributed by atoms with van der Waals surface area (Å²) in [7, 11) is 0. The van der Waals surface area contributed by atoms with Gasteiger partial charge < -0.3 is 11.1 Å². The van der Waals surface area contributed by atoms with Gasteiger partial charge in [0, 0.05) is 22.5 Å². The zero-order valence-electron chi connectivity index (χ0n) is 23.0. The van der Waals surface area contributed by atoms with Gasteiger partial charge in [-0.3, -0.25) is 9.59 Å². The number of carbonyl (C=O) groups is 2. The SMILES string of the molecule is C=C/C=C(\C=C)Nc1ccc(N)c2c1C(=O)c1ccccc1C2=O.CC.CC.CC.CC.CC. The van der Waals surface area contributed by atoms with Crippen LogP contribution in [0.1, 0.15) is 101 Å². The Kier molecular flexibility index (Phi) is 22.2. The third-order valence-electron chi connectivity index (χ3n) is 3.90. The third kappa shape index (κ3) is 8.86. The number of hydrogen-bond acceptors (Lipinski definition) is 4. The molecule has 0 radical (unpaired) electrons. The Hall–Kier alpha value is -3.40. The van der Waals surface area contributed by atoms with E-state index in [2.05, 4.69) is 18.5 Å². The number of rotatable bonds is 4. The van der Waals surface area contributed by atoms with Crippen molar-refractivity contribution in [3.05, 3.63) is 95.7 Å². The van der Waals surface area contributed by atoms with E-state index in [1.54, 1.807) is 54.6 Å². The van der Waals surface area contributed by atoms with Gasteiger partial charge in [-0.05, 0) is 24.3 Å². The summed E-state index contributed by atoms with van der Waals surface area (Å²) >= 11 is 0. The lowest BCUT2D eigenvalue weighted by Gasteiger charge is -2.22. The zero-order chi connectivity index (χ0) is 27.3. The lowest BCUT2D eigenvalue weighted by Crippen LogP contribution is -2.23. The van der Waals surface area contributed by atoms with Crippen LogP contribution in [0.5, 0.6) is 0 Å². The number of allylic oxidation sites excluding steroid dienone is 3. The van der Waals surface area contributed by atoms with Crippen molar-refractivity contribution in [3.63, 3.8) is 0 Å². The van der Waals surface area contributed by atoms with E-state index in [0.717, 1.165) is 0 Å². The van der Waals surface area contributed by atoms with Crippen LogP contribution < -0.4 is 11.1 Å². The van der Waals surface area contributed by atoms with Crippen LogP contribution in [0, 0.1) is 0 Å². The van der Waals surface area contributed by atoms with Crippen LogP contribution in [-0.4, -0.2) is 11.6 Å². The highest BCUT2D eigenvalue weighted by molar-refractivity contribution is 6.31. The maximum Gasteiger partial charge on any atom is 0.196 e. The zero-order valence-corrected chi connectivity index (χ0v) is 23.0. The molecule has 0 fully saturated rings. The smallest absolute Gasteiger partial charge is 0.196 e. The minimum Gasteiger partial charge on any atom is -0.398 e. The van der Waals surface area contributed by atoms with Crippen LogP contribution in [0.4, 0.5) is 11.4 Å². The van der Waals surface area contributed by atoms with Gasteiger partial charge in [0.15, 0.2) is 11.6 Å². The fourth-order valence-corrected chi connectivity index (χ4v) is 2.80. The van der Waals surface area contributed by atoms with Crippen molar-refractivity contribution in [1.82, 2.24) is 0 Å². The molecular weight excluding hydrogens is 420 g/mol. The molecule has 0 spiro atoms. The summed E-state index contributed by atoms with van der Waals surface area (Å²) in [5, 5.41) is 3.11. The van der Waals surface area contributed by atoms with Gasteiger partial charge in [-0.1, -0.05) is 113 Å². The molecule has 0 aliphatic heterocycles. The molecule has 3 rings (SSSR count). The Morgan fingerprint density at radius 2 is 1.18 bits per heavy atom. The standard InChI is InChI=1S/C20H16N2O2.5C2H6/c1-3-7-12(4-2)22-16-11-10-15(21)17-18(16)20(24)14-9-6-5-8-13(14)19(17)23;5*1-2/h3-11,22H,1-2,21H2;5*1-2H3/b12-7+;;;;;. The largest absolute Gasteiger partial charge is 0.398 e. The average Bonchev–Trinajstić information content (AvgIpc) is 2.93. The summed E-state index contributed by atoms with van der Waals surface area (Å²) in [6.45, 7) is 27.4. The molecule has 1 aliphatic carbocycles. The van der Waals surface area contributed by atoms with Crippen molar-refractivity contribution >= 4 is 22.9 Å². The highest BCUT2D eigenvalue weighted by atomic mass is 16.1. The molecule has 3 N–H and O–H groups in total. The first-order valence-corrected chi connectivity index (χ1v) is 12.4. The lowest BCUT2D eigenvalue weighted by molar-refractivity contribution is 0.0980. The summed E-state index contributed by atoms with van der Waals surface area (Å²) in [5.41, 5.74) is 8.75. The molecule has 0 unspecified atom stereocenters. The van der Waals surface area contributed by atoms with Gasteiger partial charge in [0.05, 0.1) is 16.8 Å². The van der Waals surface area contributed by atoms with Gasteiger partial charge in [-0.25, -0.2) is 0 Å². The molecule has 0 bridgehead atoms. The first-order chi connectivity index (χ1) is 16.6. The van der Waals surface area contributed by atoms with Crippen molar-refractivity contribution in [2.24, 2.45) is 0 Å². The van der Waals surface area contributed by atoms with Crippen LogP contribution in [0.2, 0.25) is 0 Å². The molecule has 2 aromatic rings. The number of hydrogen-bond donors (Lipinski definition) is 2. The summed E-state index contributed by atoms with van der Waals surface area (Å²) in [5.74, 6) is -0.466. The summed E-state index contributed by atoms with van der Waals surface area (Å²) in [6, 6.07) is 10.1. The number of benzene rings is 2. The van der Waals surface area contributed by atoms with Gasteiger partial charge in [0.25, 0.3) is 0 Å². The van der Waals surface area contributed by atoms with Crippen molar-refractivity contribution in [1.29, 1.82) is 0 Å². The van der Waals surface area contributed by atoms with Gasteiger partial charge in [-0.15, -0.1) is 0 Å². The van der Waals surface area contributed by atoms with Crippen LogP contribution in [-0.2, 0) is 0 Å². The van der Waals surface area contributed by atoms with E-state index in [4.69, 9.17) is 5.73 Å². The molecule has 188 valence electrons. The first kappa shape index (κ1) is 35.2. The Morgan fingerprint density at radius 3 is 1.59 bits per heavy atom. The number of anilines is 2. The molecule has 4 nitrogen and oxygen atoms in total. The topological polar surface area (TPSA) is 72.2 Å². The van der Waals surface area contributed by atoms with Crippen LogP contribution in [0.25, 0.3) is 0 Å². The van der Waals surface area contributed by atoms with Crippen molar-refractivity contribution in [2.75, 3.05) is 11.1 Å². The fraction of sp³-hybridized carbons (Fsp3) is 0.333. The molecular formula is C30H46N2O2. The number of fused-ring (bicyclic) bond motifs is 2. The van der Waals surface area contributed by atoms with Crippen LogP contribution in [0.3, 0.4) is 0 Å². The quantitative estimate of drug-likeness (QED) is 0.297. The van der Waals surface area contributed by atoms with Crippen molar-refractivity contribution in [3.8, 4) is 0 Å². The molecule has 0 saturated carbocycles. The maximum atomic E-state index is 12.9. The molecule has 2 aromatic carbocycles. The van der Waals surface area contributed by atoms with E-state index in [0.29, 0.717) is 22.5 Å². The van der Waals surface area contributed by atoms with E-state index in [-0.39, 0.29) is 28.4 Å². The average molecular weight is 467 g/mol. The second-order valence-corrected chi connectivity index (χ2v) is 5.34. The molecule has 1 aliphatic rings. The van der Waals surface area contributed by atoms with Crippen molar-refractivity contribution < 1.29 is 9.59 Å². The van der Waals surface area contributed by atoms with Gasteiger partial charge in [-0.2, -0.15) is 0 Å². The van der Waals surface area contributed by atoms with E-state index < -0.39 is 0 Å². The Balaban J connectivity index is -0.000000854. The monoisotopic (exact) mass is 466 g/mol. The molecule has 34 heavy (non-hydrogen) atoms. The van der Waals surface area contributed by atoms with Gasteiger partial charge >= 0.3 is 0 Å². The first-order valence-electron chi connectivity index (χ1n) is 12.4. The predicted octanol–water partition coefficient (Wildman–Crippen LogP) is 8.84. The second-order valence-electron chi connectivity index (χ2n) is 5.34. The van der Waals surface area contributed by atoms with E-state index >= 15 is 0 Å². The third-order valence-corrected chi connectivity index (χ3v) is 3.90. The van der Waals surface area contributed by atoms with Gasteiger partial charge in [0.2, 0.25) is 0 Å². The van der Waals surface area contributed by atoms with Crippen LogP contribution >= 0.6 is 0 Å². The normalized spacial score (nSPS) is 10.1. The van der Waals surface area contributed by atoms with E-state index in [1.807, 2.05) is 69.2 Å². The van der Waals surface area contributed by atoms with Gasteiger partial charge in [0.1, 0.15) is 0 Å². The molecule has 0 amide bonds. The van der Waals surface area contributed by atoms with E-state index in [9.17, 15) is 9.59 Å². The summed E-state index contributed by atoms with van der Waals surface area (Å²) < 4.78 is 0. The summed E-state index contributed by atoms with van der Waals surface area (Å²) in [4.78, 5) is 25.7. The highest BCUT2D eigenvalue weighted by Gasteiger charge is 2.33. The summed E-state index contributed by atoms with van der Waals surface area (Å²) in [6.07, 6.45) is 4.93.